The second kappa shape index (κ2) is 10.8. The second-order valence-corrected chi connectivity index (χ2v) is 13.7. The van der Waals surface area contributed by atoms with Crippen molar-refractivity contribution in [3.05, 3.63) is 0 Å². The molecular formula is C28H43F6N5O2. The normalized spacial score (nSPS) is 41.5. The van der Waals surface area contributed by atoms with Crippen LogP contribution in [0, 0.1) is 35.0 Å². The SMILES string of the molecule is CC(C1CC2C(=O)N(C3CCCC(C4(C(F)(F)C5NNCN5C)COC4)C3)CC2C(C(F)(F)F)C1)N1CC[C@H](F)C1. The molecule has 2 saturated carbocycles. The van der Waals surface area contributed by atoms with Crippen molar-refractivity contribution < 1.29 is 35.9 Å². The average Bonchev–Trinajstić information content (AvgIpc) is 3.61. The van der Waals surface area contributed by atoms with Crippen molar-refractivity contribution in [1.29, 1.82) is 0 Å². The van der Waals surface area contributed by atoms with E-state index in [1.807, 2.05) is 11.8 Å². The Bertz CT molecular complexity index is 982. The lowest BCUT2D eigenvalue weighted by atomic mass is 9.62. The van der Waals surface area contributed by atoms with Gasteiger partial charge in [-0.1, -0.05) is 6.42 Å². The summed E-state index contributed by atoms with van der Waals surface area (Å²) in [5.74, 6) is -7.30. The molecule has 4 heterocycles. The maximum absolute atomic E-state index is 16.1. The fourth-order valence-electron chi connectivity index (χ4n) is 9.04. The highest BCUT2D eigenvalue weighted by Gasteiger charge is 2.68. The lowest BCUT2D eigenvalue weighted by Crippen LogP contribution is -2.68. The van der Waals surface area contributed by atoms with Crippen LogP contribution < -0.4 is 10.9 Å². The average molecular weight is 596 g/mol. The van der Waals surface area contributed by atoms with E-state index in [-0.39, 0.29) is 63.3 Å². The zero-order valence-corrected chi connectivity index (χ0v) is 23.8. The highest BCUT2D eigenvalue weighted by atomic mass is 19.4. The van der Waals surface area contributed by atoms with Gasteiger partial charge in [0.2, 0.25) is 5.91 Å². The summed E-state index contributed by atoms with van der Waals surface area (Å²) < 4.78 is 94.7. The molecule has 1 amide bonds. The van der Waals surface area contributed by atoms with Crippen LogP contribution in [0.15, 0.2) is 0 Å². The molecule has 41 heavy (non-hydrogen) atoms. The molecule has 7 nitrogen and oxygen atoms in total. The summed E-state index contributed by atoms with van der Waals surface area (Å²) in [6, 6.07) is -0.594. The Balaban J connectivity index is 1.20. The van der Waals surface area contributed by atoms with Crippen molar-refractivity contribution >= 4 is 5.91 Å². The Morgan fingerprint density at radius 1 is 1.05 bits per heavy atom. The number of nitrogens with zero attached hydrogens (tertiary/aromatic N) is 3. The number of hydrazine groups is 1. The van der Waals surface area contributed by atoms with Crippen LogP contribution in [-0.2, 0) is 9.53 Å². The van der Waals surface area contributed by atoms with Crippen molar-refractivity contribution in [2.45, 2.75) is 88.4 Å². The van der Waals surface area contributed by atoms with Crippen LogP contribution in [0.3, 0.4) is 0 Å². The number of halogens is 6. The summed E-state index contributed by atoms with van der Waals surface area (Å²) in [6.07, 6.45) is -3.75. The molecule has 13 heteroatoms. The van der Waals surface area contributed by atoms with Gasteiger partial charge in [0.25, 0.3) is 5.92 Å². The van der Waals surface area contributed by atoms with E-state index in [9.17, 15) is 22.4 Å². The van der Waals surface area contributed by atoms with Crippen LogP contribution in [0.2, 0.25) is 0 Å². The topological polar surface area (TPSA) is 60.1 Å². The smallest absolute Gasteiger partial charge is 0.380 e. The second-order valence-electron chi connectivity index (χ2n) is 13.7. The summed E-state index contributed by atoms with van der Waals surface area (Å²) in [7, 11) is 1.62. The molecule has 2 N–H and O–H groups in total. The van der Waals surface area contributed by atoms with E-state index in [0.29, 0.717) is 45.1 Å². The van der Waals surface area contributed by atoms with Crippen LogP contribution >= 0.6 is 0 Å². The molecule has 9 atom stereocenters. The first-order valence-electron chi connectivity index (χ1n) is 15.2. The van der Waals surface area contributed by atoms with Gasteiger partial charge in [-0.05, 0) is 70.3 Å². The Morgan fingerprint density at radius 2 is 1.80 bits per heavy atom. The summed E-state index contributed by atoms with van der Waals surface area (Å²) in [4.78, 5) is 18.9. The first kappa shape index (κ1) is 29.9. The summed E-state index contributed by atoms with van der Waals surface area (Å²) >= 11 is 0. The lowest BCUT2D eigenvalue weighted by molar-refractivity contribution is -0.292. The first-order valence-corrected chi connectivity index (χ1v) is 15.2. The molecule has 6 rings (SSSR count). The van der Waals surface area contributed by atoms with Gasteiger partial charge in [0, 0.05) is 37.6 Å². The van der Waals surface area contributed by atoms with Crippen LogP contribution in [0.1, 0.15) is 51.9 Å². The number of hydrogen-bond acceptors (Lipinski definition) is 6. The standard InChI is InChI=1S/C28H43F6N5O2/c1-16(38-7-6-19(29)11-38)17-8-21-22(23(9-17)28(32,33)34)12-39(24(21)40)20-5-3-4-18(10-20)26(13-41-14-26)27(30,31)25-36-35-15-37(25)2/h16-23,25,35-36H,3-15H2,1-2H3/t16?,17?,18?,19-,20?,21?,22?,23?,25?/m0/s1. The molecular weight excluding hydrogens is 552 g/mol. The van der Waals surface area contributed by atoms with Gasteiger partial charge in [-0.15, -0.1) is 0 Å². The fourth-order valence-corrected chi connectivity index (χ4v) is 9.04. The Kier molecular flexibility index (Phi) is 7.86. The molecule has 0 aromatic rings. The Labute approximate surface area is 237 Å². The molecule has 4 saturated heterocycles. The van der Waals surface area contributed by atoms with E-state index >= 15 is 8.78 Å². The van der Waals surface area contributed by atoms with E-state index in [1.165, 1.54) is 4.90 Å². The van der Waals surface area contributed by atoms with Gasteiger partial charge in [-0.2, -0.15) is 13.2 Å². The number of nitrogens with one attached hydrogen (secondary N) is 2. The maximum Gasteiger partial charge on any atom is 0.392 e. The molecule has 4 aliphatic heterocycles. The number of amides is 1. The number of carbonyl (C=O) groups is 1. The molecule has 234 valence electrons. The van der Waals surface area contributed by atoms with Gasteiger partial charge in [0.1, 0.15) is 12.3 Å². The summed E-state index contributed by atoms with van der Waals surface area (Å²) in [5, 5.41) is 0. The monoisotopic (exact) mass is 595 g/mol. The van der Waals surface area contributed by atoms with Crippen molar-refractivity contribution in [2.75, 3.05) is 46.6 Å². The number of ether oxygens (including phenoxy) is 1. The van der Waals surface area contributed by atoms with Crippen molar-refractivity contribution in [1.82, 2.24) is 25.6 Å². The van der Waals surface area contributed by atoms with E-state index in [1.54, 1.807) is 11.9 Å². The number of fused-ring (bicyclic) bond motifs is 1. The van der Waals surface area contributed by atoms with Gasteiger partial charge in [0.05, 0.1) is 31.2 Å². The van der Waals surface area contributed by atoms with Crippen molar-refractivity contribution in [2.24, 2.45) is 35.0 Å². The number of carbonyl (C=O) groups excluding carboxylic acids is 1. The van der Waals surface area contributed by atoms with Crippen molar-refractivity contribution in [3.63, 3.8) is 0 Å². The van der Waals surface area contributed by atoms with E-state index in [2.05, 4.69) is 10.9 Å². The fraction of sp³-hybridized carbons (Fsp3) is 0.964. The maximum atomic E-state index is 16.1. The molecule has 6 aliphatic rings. The predicted octanol–water partition coefficient (Wildman–Crippen LogP) is 3.62. The molecule has 0 radical (unpaired) electrons. The molecule has 0 aromatic carbocycles. The molecule has 0 spiro atoms. The summed E-state index contributed by atoms with van der Waals surface area (Å²) in [5.41, 5.74) is 4.08. The number of hydrogen-bond donors (Lipinski definition) is 2. The minimum absolute atomic E-state index is 0.0269. The molecule has 2 aliphatic carbocycles. The van der Waals surface area contributed by atoms with Gasteiger partial charge in [0.15, 0.2) is 0 Å². The zero-order chi connectivity index (χ0) is 29.3. The van der Waals surface area contributed by atoms with Crippen LogP contribution in [0.5, 0.6) is 0 Å². The first-order chi connectivity index (χ1) is 19.3. The quantitative estimate of drug-likeness (QED) is 0.458. The van der Waals surface area contributed by atoms with Crippen LogP contribution in [-0.4, -0.2) is 104 Å². The minimum atomic E-state index is -4.44. The lowest BCUT2D eigenvalue weighted by Gasteiger charge is -2.55. The van der Waals surface area contributed by atoms with Crippen molar-refractivity contribution in [3.8, 4) is 0 Å². The van der Waals surface area contributed by atoms with Gasteiger partial charge in [-0.3, -0.25) is 14.6 Å². The van der Waals surface area contributed by atoms with E-state index in [0.717, 1.165) is 0 Å². The van der Waals surface area contributed by atoms with Gasteiger partial charge in [-0.25, -0.2) is 24.0 Å². The number of alkyl halides is 6. The third-order valence-corrected chi connectivity index (χ3v) is 11.6. The predicted molar refractivity (Wildman–Crippen MR) is 138 cm³/mol. The molecule has 6 fully saturated rings. The minimum Gasteiger partial charge on any atom is -0.380 e. The summed E-state index contributed by atoms with van der Waals surface area (Å²) in [6.45, 7) is 2.77. The van der Waals surface area contributed by atoms with Gasteiger partial charge >= 0.3 is 6.18 Å². The third kappa shape index (κ3) is 4.99. The molecule has 0 bridgehead atoms. The highest BCUT2D eigenvalue weighted by Crippen LogP contribution is 2.57. The number of rotatable bonds is 6. The largest absolute Gasteiger partial charge is 0.392 e. The van der Waals surface area contributed by atoms with E-state index in [4.69, 9.17) is 4.74 Å². The third-order valence-electron chi connectivity index (χ3n) is 11.6. The number of likely N-dealkylation sites (tertiary alicyclic amines) is 2. The van der Waals surface area contributed by atoms with E-state index < -0.39 is 53.5 Å². The Morgan fingerprint density at radius 3 is 2.39 bits per heavy atom. The molecule has 0 aromatic heterocycles. The zero-order valence-electron chi connectivity index (χ0n) is 23.8. The van der Waals surface area contributed by atoms with Gasteiger partial charge < -0.3 is 9.64 Å². The van der Waals surface area contributed by atoms with Crippen LogP contribution in [0.25, 0.3) is 0 Å². The Hall–Kier alpha value is -1.15. The highest BCUT2D eigenvalue weighted by molar-refractivity contribution is 5.82. The molecule has 8 unspecified atom stereocenters. The van der Waals surface area contributed by atoms with Crippen LogP contribution in [0.4, 0.5) is 26.3 Å².